The second-order valence-corrected chi connectivity index (χ2v) is 7.05. The summed E-state index contributed by atoms with van der Waals surface area (Å²) in [4.78, 5) is 2.59. The Morgan fingerprint density at radius 1 is 0.905 bits per heavy atom. The van der Waals surface area contributed by atoms with Gasteiger partial charge in [0.1, 0.15) is 0 Å². The highest BCUT2D eigenvalue weighted by Crippen LogP contribution is 2.20. The lowest BCUT2D eigenvalue weighted by Crippen LogP contribution is -2.46. The number of rotatable bonds is 3. The number of ether oxygens (including phenoxy) is 1. The molecule has 0 aromatic rings. The number of hydrogen-bond acceptors (Lipinski definition) is 3. The minimum Gasteiger partial charge on any atom is -0.374 e. The molecule has 1 aliphatic heterocycles. The third-order valence-corrected chi connectivity index (χ3v) is 5.19. The minimum absolute atomic E-state index is 0.394. The van der Waals surface area contributed by atoms with E-state index >= 15 is 0 Å². The maximum Gasteiger partial charge on any atom is 0.0826 e. The molecule has 1 saturated carbocycles. The zero-order valence-corrected chi connectivity index (χ0v) is 14.1. The molecule has 1 saturated heterocycles. The lowest BCUT2D eigenvalue weighted by atomic mass is 9.97. The molecule has 0 radical (unpaired) electrons. The van der Waals surface area contributed by atoms with E-state index in [1.807, 2.05) is 0 Å². The van der Waals surface area contributed by atoms with Crippen molar-refractivity contribution in [2.24, 2.45) is 0 Å². The van der Waals surface area contributed by atoms with Gasteiger partial charge in [0, 0.05) is 25.7 Å². The zero-order valence-electron chi connectivity index (χ0n) is 14.1. The Kier molecular flexibility index (Phi) is 8.68. The summed E-state index contributed by atoms with van der Waals surface area (Å²) < 4.78 is 5.87. The van der Waals surface area contributed by atoms with Crippen molar-refractivity contribution in [2.75, 3.05) is 33.3 Å². The number of nitrogens with one attached hydrogen (secondary N) is 1. The van der Waals surface area contributed by atoms with E-state index in [4.69, 9.17) is 4.74 Å². The highest BCUT2D eigenvalue weighted by Gasteiger charge is 2.20. The monoisotopic (exact) mass is 296 g/mol. The fraction of sp³-hybridized carbons (Fsp3) is 1.00. The van der Waals surface area contributed by atoms with Gasteiger partial charge in [-0.2, -0.15) is 0 Å². The molecule has 0 aromatic carbocycles. The van der Waals surface area contributed by atoms with Gasteiger partial charge in [0.15, 0.2) is 0 Å². The molecule has 3 nitrogen and oxygen atoms in total. The fourth-order valence-corrected chi connectivity index (χ4v) is 3.79. The van der Waals surface area contributed by atoms with Crippen molar-refractivity contribution >= 4 is 0 Å². The van der Waals surface area contributed by atoms with Gasteiger partial charge in [-0.25, -0.2) is 0 Å². The van der Waals surface area contributed by atoms with Crippen molar-refractivity contribution in [3.05, 3.63) is 0 Å². The molecule has 2 rings (SSSR count). The molecule has 1 unspecified atom stereocenters. The quantitative estimate of drug-likeness (QED) is 0.861. The lowest BCUT2D eigenvalue weighted by molar-refractivity contribution is 0.00102. The third kappa shape index (κ3) is 7.12. The third-order valence-electron chi connectivity index (χ3n) is 5.19. The van der Waals surface area contributed by atoms with Crippen molar-refractivity contribution in [3.63, 3.8) is 0 Å². The largest absolute Gasteiger partial charge is 0.374 e. The van der Waals surface area contributed by atoms with E-state index in [2.05, 4.69) is 17.3 Å². The Morgan fingerprint density at radius 3 is 2.00 bits per heavy atom. The second kappa shape index (κ2) is 10.6. The van der Waals surface area contributed by atoms with Gasteiger partial charge in [-0.05, 0) is 19.9 Å². The molecule has 0 aromatic heterocycles. The SMILES string of the molecule is CN(CC1CNCCO1)C1CCCCCCCCCCC1. The number of hydrogen-bond donors (Lipinski definition) is 1. The van der Waals surface area contributed by atoms with Crippen molar-refractivity contribution in [2.45, 2.75) is 82.8 Å². The molecule has 1 heterocycles. The van der Waals surface area contributed by atoms with E-state index in [-0.39, 0.29) is 0 Å². The van der Waals surface area contributed by atoms with Crippen molar-refractivity contribution in [3.8, 4) is 0 Å². The van der Waals surface area contributed by atoms with Crippen LogP contribution in [0.1, 0.15) is 70.6 Å². The molecular formula is C18H36N2O. The van der Waals surface area contributed by atoms with E-state index in [9.17, 15) is 0 Å². The first-order chi connectivity index (χ1) is 10.4. The first-order valence-corrected chi connectivity index (χ1v) is 9.39. The smallest absolute Gasteiger partial charge is 0.0826 e. The predicted molar refractivity (Wildman–Crippen MR) is 89.8 cm³/mol. The Labute approximate surface area is 131 Å². The Balaban J connectivity index is 1.75. The molecule has 3 heteroatoms. The molecule has 0 amide bonds. The molecular weight excluding hydrogens is 260 g/mol. The van der Waals surface area contributed by atoms with E-state index in [1.165, 1.54) is 70.6 Å². The first-order valence-electron chi connectivity index (χ1n) is 9.39. The average Bonchev–Trinajstić information content (AvgIpc) is 2.49. The standard InChI is InChI=1S/C18H36N2O/c1-20(16-18-15-19-13-14-21-18)17-11-9-7-5-3-2-4-6-8-10-12-17/h17-19H,2-16H2,1H3. The maximum atomic E-state index is 5.87. The highest BCUT2D eigenvalue weighted by atomic mass is 16.5. The van der Waals surface area contributed by atoms with Crippen molar-refractivity contribution in [1.82, 2.24) is 10.2 Å². The summed E-state index contributed by atoms with van der Waals surface area (Å²) in [5.41, 5.74) is 0. The summed E-state index contributed by atoms with van der Waals surface area (Å²) >= 11 is 0. The predicted octanol–water partition coefficient (Wildman–Crippen LogP) is 3.58. The molecule has 21 heavy (non-hydrogen) atoms. The van der Waals surface area contributed by atoms with Crippen LogP contribution in [-0.4, -0.2) is 50.3 Å². The normalized spacial score (nSPS) is 28.0. The Hall–Kier alpha value is -0.120. The molecule has 1 atom stereocenters. The summed E-state index contributed by atoms with van der Waals surface area (Å²) in [6.07, 6.45) is 16.2. The van der Waals surface area contributed by atoms with Gasteiger partial charge in [-0.1, -0.05) is 57.8 Å². The van der Waals surface area contributed by atoms with Gasteiger partial charge in [0.25, 0.3) is 0 Å². The number of nitrogens with zero attached hydrogens (tertiary/aromatic N) is 1. The summed E-state index contributed by atoms with van der Waals surface area (Å²) in [7, 11) is 2.31. The Bertz CT molecular complexity index is 242. The molecule has 124 valence electrons. The van der Waals surface area contributed by atoms with Gasteiger partial charge in [0.2, 0.25) is 0 Å². The van der Waals surface area contributed by atoms with Crippen LogP contribution >= 0.6 is 0 Å². The number of morpholine rings is 1. The molecule has 2 fully saturated rings. The minimum atomic E-state index is 0.394. The molecule has 1 aliphatic carbocycles. The van der Waals surface area contributed by atoms with Crippen LogP contribution in [0.2, 0.25) is 0 Å². The fourth-order valence-electron chi connectivity index (χ4n) is 3.79. The molecule has 1 N–H and O–H groups in total. The Morgan fingerprint density at radius 2 is 1.48 bits per heavy atom. The molecule has 0 spiro atoms. The maximum absolute atomic E-state index is 5.87. The lowest BCUT2D eigenvalue weighted by Gasteiger charge is -2.33. The van der Waals surface area contributed by atoms with Crippen LogP contribution in [0.25, 0.3) is 0 Å². The topological polar surface area (TPSA) is 24.5 Å². The molecule has 0 bridgehead atoms. The van der Waals surface area contributed by atoms with Crippen LogP contribution < -0.4 is 5.32 Å². The van der Waals surface area contributed by atoms with Gasteiger partial charge in [-0.15, -0.1) is 0 Å². The van der Waals surface area contributed by atoms with Crippen LogP contribution in [-0.2, 0) is 4.74 Å². The van der Waals surface area contributed by atoms with Gasteiger partial charge >= 0.3 is 0 Å². The van der Waals surface area contributed by atoms with Crippen LogP contribution in [0.4, 0.5) is 0 Å². The van der Waals surface area contributed by atoms with Crippen LogP contribution in [0.3, 0.4) is 0 Å². The van der Waals surface area contributed by atoms with E-state index in [0.717, 1.165) is 32.3 Å². The first kappa shape index (κ1) is 17.2. The van der Waals surface area contributed by atoms with Crippen LogP contribution in [0.15, 0.2) is 0 Å². The van der Waals surface area contributed by atoms with Crippen molar-refractivity contribution < 1.29 is 4.74 Å². The summed E-state index contributed by atoms with van der Waals surface area (Å²) in [5.74, 6) is 0. The molecule has 2 aliphatic rings. The van der Waals surface area contributed by atoms with E-state index in [0.29, 0.717) is 6.10 Å². The average molecular weight is 296 g/mol. The van der Waals surface area contributed by atoms with Gasteiger partial charge in [-0.3, -0.25) is 0 Å². The van der Waals surface area contributed by atoms with Crippen LogP contribution in [0.5, 0.6) is 0 Å². The van der Waals surface area contributed by atoms with Gasteiger partial charge in [0.05, 0.1) is 12.7 Å². The van der Waals surface area contributed by atoms with Gasteiger partial charge < -0.3 is 15.0 Å². The number of likely N-dealkylation sites (N-methyl/N-ethyl adjacent to an activating group) is 1. The second-order valence-electron chi connectivity index (χ2n) is 7.05. The summed E-state index contributed by atoms with van der Waals surface area (Å²) in [6, 6.07) is 0.773. The highest BCUT2D eigenvalue weighted by molar-refractivity contribution is 4.76. The van der Waals surface area contributed by atoms with Crippen LogP contribution in [0, 0.1) is 0 Å². The summed E-state index contributed by atoms with van der Waals surface area (Å²) in [5, 5.41) is 3.45. The van der Waals surface area contributed by atoms with E-state index in [1.54, 1.807) is 0 Å². The van der Waals surface area contributed by atoms with E-state index < -0.39 is 0 Å². The van der Waals surface area contributed by atoms with Crippen molar-refractivity contribution in [1.29, 1.82) is 0 Å². The summed E-state index contributed by atoms with van der Waals surface area (Å²) in [6.45, 7) is 4.02. The zero-order chi connectivity index (χ0) is 14.8.